The molecule has 20 atom stereocenters. The molecule has 0 aromatic heterocycles. The maximum absolute atomic E-state index is 14.4. The van der Waals surface area contributed by atoms with E-state index < -0.39 is 90.8 Å². The van der Waals surface area contributed by atoms with Crippen LogP contribution >= 0.6 is 0 Å². The first kappa shape index (κ1) is 47.9. The van der Waals surface area contributed by atoms with Gasteiger partial charge in [-0.25, -0.2) is 0 Å². The van der Waals surface area contributed by atoms with Gasteiger partial charge in [0.1, 0.15) is 42.0 Å². The van der Waals surface area contributed by atoms with E-state index >= 15 is 0 Å². The van der Waals surface area contributed by atoms with E-state index in [1.54, 1.807) is 40.2 Å². The predicted octanol–water partition coefficient (Wildman–Crippen LogP) is 5.60. The van der Waals surface area contributed by atoms with E-state index in [4.69, 9.17) is 47.4 Å². The molecule has 3 N–H and O–H groups in total. The highest BCUT2D eigenvalue weighted by atomic mass is 16.7. The number of hydrogen-bond acceptors (Lipinski definition) is 14. The van der Waals surface area contributed by atoms with Gasteiger partial charge in [0.15, 0.2) is 18.4 Å². The molecule has 0 amide bonds. The Morgan fingerprint density at radius 2 is 1.63 bits per heavy atom. The molecule has 0 saturated carbocycles. The minimum atomic E-state index is -1.82. The molecule has 6 heterocycles. The summed E-state index contributed by atoms with van der Waals surface area (Å²) in [6.07, 6.45) is 6.53. The summed E-state index contributed by atoms with van der Waals surface area (Å²) in [4.78, 5) is 14.4. The summed E-state index contributed by atoms with van der Waals surface area (Å²) >= 11 is 0. The number of carbonyl (C=O) groups excluding carboxylic acids is 1. The summed E-state index contributed by atoms with van der Waals surface area (Å²) in [5.74, 6) is -2.10. The first-order valence-electron chi connectivity index (χ1n) is 23.2. The van der Waals surface area contributed by atoms with Crippen LogP contribution in [0.4, 0.5) is 0 Å². The molecule has 0 aromatic rings. The van der Waals surface area contributed by atoms with Gasteiger partial charge in [-0.05, 0) is 69.1 Å². The second kappa shape index (κ2) is 19.8. The number of allylic oxidation sites excluding steroid dienone is 2. The van der Waals surface area contributed by atoms with Gasteiger partial charge in [0.25, 0.3) is 0 Å². The van der Waals surface area contributed by atoms with Crippen molar-refractivity contribution in [2.45, 2.75) is 204 Å². The molecule has 0 radical (unpaired) electrons. The van der Waals surface area contributed by atoms with E-state index in [1.165, 1.54) is 0 Å². The third-order valence-electron chi connectivity index (χ3n) is 14.9. The number of aliphatic hydroxyl groups excluding tert-OH is 2. The predicted molar refractivity (Wildman–Crippen MR) is 227 cm³/mol. The van der Waals surface area contributed by atoms with Gasteiger partial charge in [0.05, 0.1) is 49.3 Å². The molecule has 0 unspecified atom stereocenters. The monoisotopic (exact) mass is 875 g/mol. The number of aliphatic hydroxyl groups is 3. The van der Waals surface area contributed by atoms with Gasteiger partial charge in [0, 0.05) is 52.2 Å². The zero-order chi connectivity index (χ0) is 44.7. The lowest BCUT2D eigenvalue weighted by Gasteiger charge is -2.51. The Morgan fingerprint density at radius 1 is 0.919 bits per heavy atom. The van der Waals surface area contributed by atoms with E-state index in [0.29, 0.717) is 61.5 Å². The fourth-order valence-electron chi connectivity index (χ4n) is 11.0. The molecule has 1 aliphatic carbocycles. The summed E-state index contributed by atoms with van der Waals surface area (Å²) in [5.41, 5.74) is 0.188. The number of carbonyl (C=O) groups is 1. The number of hydrogen-bond donors (Lipinski definition) is 3. The van der Waals surface area contributed by atoms with Crippen LogP contribution < -0.4 is 0 Å². The molecule has 5 fully saturated rings. The minimum absolute atomic E-state index is 0.00708. The third-order valence-corrected chi connectivity index (χ3v) is 14.9. The van der Waals surface area contributed by atoms with Crippen LogP contribution in [0.2, 0.25) is 0 Å². The van der Waals surface area contributed by atoms with Crippen LogP contribution in [-0.2, 0) is 52.2 Å². The molecule has 1 spiro atoms. The maximum Gasteiger partial charge on any atom is 0.316 e. The van der Waals surface area contributed by atoms with E-state index in [2.05, 4.69) is 40.7 Å². The molecule has 2 bridgehead atoms. The van der Waals surface area contributed by atoms with Crippen molar-refractivity contribution in [1.82, 2.24) is 0 Å². The number of esters is 1. The average Bonchev–Trinajstić information content (AvgIpc) is 3.58. The van der Waals surface area contributed by atoms with Crippen LogP contribution in [0.1, 0.15) is 107 Å². The number of rotatable bonds is 8. The molecular weight excluding hydrogens is 801 g/mol. The third kappa shape index (κ3) is 9.73. The second-order valence-corrected chi connectivity index (χ2v) is 19.4. The Kier molecular flexibility index (Phi) is 15.3. The Labute approximate surface area is 368 Å². The molecular formula is C48H74O14. The quantitative estimate of drug-likeness (QED) is 0.204. The van der Waals surface area contributed by atoms with E-state index in [1.807, 2.05) is 19.1 Å². The lowest BCUT2D eigenvalue weighted by Crippen LogP contribution is -2.58. The van der Waals surface area contributed by atoms with Crippen LogP contribution in [0.3, 0.4) is 0 Å². The van der Waals surface area contributed by atoms with Crippen molar-refractivity contribution in [2.24, 2.45) is 23.7 Å². The van der Waals surface area contributed by atoms with E-state index in [0.717, 1.165) is 18.4 Å². The highest BCUT2D eigenvalue weighted by Crippen LogP contribution is 2.48. The smallest absolute Gasteiger partial charge is 0.316 e. The summed E-state index contributed by atoms with van der Waals surface area (Å²) in [7, 11) is 3.23. The van der Waals surface area contributed by atoms with Crippen molar-refractivity contribution in [3.8, 4) is 0 Å². The zero-order valence-electron chi connectivity index (χ0n) is 38.5. The summed E-state index contributed by atoms with van der Waals surface area (Å²) in [6, 6.07) is 0. The first-order chi connectivity index (χ1) is 29.5. The van der Waals surface area contributed by atoms with Crippen LogP contribution in [0.15, 0.2) is 47.1 Å². The van der Waals surface area contributed by atoms with Crippen molar-refractivity contribution in [3.05, 3.63) is 47.1 Å². The van der Waals surface area contributed by atoms with Crippen molar-refractivity contribution in [1.29, 1.82) is 0 Å². The maximum atomic E-state index is 14.4. The second-order valence-electron chi connectivity index (χ2n) is 19.4. The summed E-state index contributed by atoms with van der Waals surface area (Å²) in [6.45, 7) is 16.3. The molecule has 7 aliphatic rings. The molecule has 14 heteroatoms. The van der Waals surface area contributed by atoms with Gasteiger partial charge in [-0.2, -0.15) is 0 Å². The van der Waals surface area contributed by atoms with Gasteiger partial charge in [0.2, 0.25) is 0 Å². The molecule has 6 aliphatic heterocycles. The average molecular weight is 875 g/mol. The Balaban J connectivity index is 1.18. The standard InChI is InChI=1S/C48H74O14/c1-11-25(2)43-28(5)17-18-47(62-43)23-34-20-33(61-47)16-15-27(4)42(26(3)13-12-14-32-24-55-45-40(49)29(6)19-35(46(51)58-34)48(32,45)52)59-39-22-37(54-10)44(31(8)57-39)60-38-21-36(53-9)41(50)30(7)56-38/h12-15,19,25-26,28,30-31,33-45,49-50,52H,11,16-18,20-24H2,1-10H3/b13-12-,27-15-,32-14?/t25-,26-,28-,30-,31-,33+,34-,35-,36-,37-,38-,39-,40+,41-,42-,43+,44-,45+,47+,48+/m0/s1. The minimum Gasteiger partial charge on any atom is -0.462 e. The SMILES string of the molecule is CC[C@H](C)[C@H]1O[C@]2(CC[C@@H]1C)C[C@@H]1C[C@@H](C/C=C(/C)[C@@H](O[C@H]3C[C@H](OC)[C@@H](O[C@H]4C[C@H](OC)[C@@H](O)[C@H](C)O4)[C@H](C)O3)[C@@H](C)/C=C\C=C3CO[C@@H]4[C@H](O)C(C)=C[C@@H](C(=O)O1)[C@]34O)O2. The molecule has 62 heavy (non-hydrogen) atoms. The molecule has 7 rings (SSSR count). The molecule has 14 nitrogen and oxygen atoms in total. The number of methoxy groups -OCH3 is 2. The Hall–Kier alpha value is -2.05. The van der Waals surface area contributed by atoms with E-state index in [9.17, 15) is 20.1 Å². The van der Waals surface area contributed by atoms with Gasteiger partial charge in [-0.3, -0.25) is 4.79 Å². The summed E-state index contributed by atoms with van der Waals surface area (Å²) < 4.78 is 63.9. The van der Waals surface area contributed by atoms with Crippen molar-refractivity contribution in [2.75, 3.05) is 20.8 Å². The fourth-order valence-corrected chi connectivity index (χ4v) is 11.0. The first-order valence-corrected chi connectivity index (χ1v) is 23.2. The van der Waals surface area contributed by atoms with Crippen LogP contribution in [-0.4, -0.2) is 139 Å². The Bertz CT molecular complexity index is 1680. The largest absolute Gasteiger partial charge is 0.462 e. The molecule has 0 aromatic carbocycles. The van der Waals surface area contributed by atoms with Crippen molar-refractivity contribution in [3.63, 3.8) is 0 Å². The van der Waals surface area contributed by atoms with Gasteiger partial charge in [-0.1, -0.05) is 64.5 Å². The fraction of sp³-hybridized carbons (Fsp3) is 0.812. The summed E-state index contributed by atoms with van der Waals surface area (Å²) in [5, 5.41) is 34.2. The van der Waals surface area contributed by atoms with Gasteiger partial charge in [-0.15, -0.1) is 0 Å². The molecule has 5 saturated heterocycles. The van der Waals surface area contributed by atoms with Crippen LogP contribution in [0.25, 0.3) is 0 Å². The van der Waals surface area contributed by atoms with Crippen LogP contribution in [0, 0.1) is 23.7 Å². The van der Waals surface area contributed by atoms with Crippen molar-refractivity contribution < 1.29 is 67.5 Å². The topological polar surface area (TPSA) is 170 Å². The van der Waals surface area contributed by atoms with E-state index in [-0.39, 0.29) is 30.8 Å². The highest BCUT2D eigenvalue weighted by Gasteiger charge is 2.60. The lowest BCUT2D eigenvalue weighted by atomic mass is 9.71. The number of fused-ring (bicyclic) bond motifs is 2. The zero-order valence-corrected chi connectivity index (χ0v) is 38.5. The van der Waals surface area contributed by atoms with Crippen LogP contribution in [0.5, 0.6) is 0 Å². The highest BCUT2D eigenvalue weighted by molar-refractivity contribution is 5.78. The molecule has 350 valence electrons. The van der Waals surface area contributed by atoms with Crippen molar-refractivity contribution >= 4 is 5.97 Å². The lowest BCUT2D eigenvalue weighted by molar-refractivity contribution is -0.340. The number of ether oxygens (including phenoxy) is 10. The van der Waals surface area contributed by atoms with Gasteiger partial charge < -0.3 is 62.7 Å². The van der Waals surface area contributed by atoms with Gasteiger partial charge >= 0.3 is 5.97 Å². The normalized spacial score (nSPS) is 48.6. The Morgan fingerprint density at radius 3 is 2.35 bits per heavy atom.